The highest BCUT2D eigenvalue weighted by Crippen LogP contribution is 2.29. The lowest BCUT2D eigenvalue weighted by atomic mass is 10.1. The van der Waals surface area contributed by atoms with Gasteiger partial charge in [-0.3, -0.25) is 4.79 Å². The van der Waals surface area contributed by atoms with Crippen molar-refractivity contribution in [2.75, 3.05) is 32.8 Å². The second kappa shape index (κ2) is 8.90. The molecule has 138 valence electrons. The molecule has 2 aromatic rings. The predicted molar refractivity (Wildman–Crippen MR) is 104 cm³/mol. The zero-order valence-corrected chi connectivity index (χ0v) is 16.2. The number of rotatable bonds is 9. The van der Waals surface area contributed by atoms with E-state index in [9.17, 15) is 4.79 Å². The third kappa shape index (κ3) is 4.15. The van der Waals surface area contributed by atoms with Crippen LogP contribution in [0.25, 0.3) is 10.9 Å². The number of carbonyl (C=O) groups excluding carboxylic acids is 1. The average Bonchev–Trinajstić information content (AvgIpc) is 2.90. The van der Waals surface area contributed by atoms with E-state index in [1.807, 2.05) is 32.0 Å². The largest absolute Gasteiger partial charge is 0.494 e. The summed E-state index contributed by atoms with van der Waals surface area (Å²) in [6.07, 6.45) is 0. The monoisotopic (exact) mass is 345 g/mol. The molecule has 0 spiro atoms. The van der Waals surface area contributed by atoms with Gasteiger partial charge in [-0.2, -0.15) is 0 Å². The Morgan fingerprint density at radius 1 is 1.20 bits per heavy atom. The van der Waals surface area contributed by atoms with Crippen molar-refractivity contribution in [3.8, 4) is 5.75 Å². The summed E-state index contributed by atoms with van der Waals surface area (Å²) in [5, 5.41) is 4.17. The van der Waals surface area contributed by atoms with Crippen molar-refractivity contribution in [3.63, 3.8) is 0 Å². The van der Waals surface area contributed by atoms with Gasteiger partial charge in [-0.15, -0.1) is 0 Å². The Balaban J connectivity index is 2.27. The van der Waals surface area contributed by atoms with E-state index in [0.29, 0.717) is 13.2 Å². The molecule has 0 atom stereocenters. The lowest BCUT2D eigenvalue weighted by Crippen LogP contribution is -2.35. The van der Waals surface area contributed by atoms with Gasteiger partial charge in [-0.25, -0.2) is 0 Å². The number of amides is 1. The van der Waals surface area contributed by atoms with E-state index >= 15 is 0 Å². The van der Waals surface area contributed by atoms with Crippen LogP contribution >= 0.6 is 0 Å². The molecule has 0 saturated heterocycles. The molecule has 1 heterocycles. The molecule has 0 aliphatic rings. The number of carbonyl (C=O) groups is 1. The second-order valence-electron chi connectivity index (χ2n) is 6.11. The molecule has 1 amide bonds. The van der Waals surface area contributed by atoms with Crippen molar-refractivity contribution in [2.45, 2.75) is 41.2 Å². The van der Waals surface area contributed by atoms with Gasteiger partial charge in [0.1, 0.15) is 11.4 Å². The number of benzene rings is 1. The Bertz CT molecular complexity index is 717. The van der Waals surface area contributed by atoms with Crippen LogP contribution in [0.3, 0.4) is 0 Å². The fourth-order valence-electron chi connectivity index (χ4n) is 3.33. The maximum Gasteiger partial charge on any atom is 0.268 e. The van der Waals surface area contributed by atoms with E-state index in [-0.39, 0.29) is 5.91 Å². The van der Waals surface area contributed by atoms with Crippen LogP contribution in [0, 0.1) is 6.92 Å². The van der Waals surface area contributed by atoms with Crippen LogP contribution in [0.5, 0.6) is 5.75 Å². The fraction of sp³-hybridized carbons (Fsp3) is 0.550. The van der Waals surface area contributed by atoms with Gasteiger partial charge in [0, 0.05) is 30.5 Å². The lowest BCUT2D eigenvalue weighted by Gasteiger charge is -2.18. The molecule has 0 bridgehead atoms. The number of nitrogens with zero attached hydrogens (tertiary/aromatic N) is 2. The summed E-state index contributed by atoms with van der Waals surface area (Å²) in [7, 11) is 0. The number of ether oxygens (including phenoxy) is 1. The van der Waals surface area contributed by atoms with E-state index in [2.05, 4.69) is 35.6 Å². The van der Waals surface area contributed by atoms with Gasteiger partial charge in [-0.05, 0) is 57.6 Å². The van der Waals surface area contributed by atoms with Gasteiger partial charge in [0.05, 0.1) is 6.61 Å². The standard InChI is InChI=1S/C20H31N3O2/c1-6-22(7-2)13-12-21-20(24)19-15(5)17-14-16(25-9-4)10-11-18(17)23(19)8-3/h10-11,14H,6-9,12-13H2,1-5H3,(H,21,24). The van der Waals surface area contributed by atoms with Gasteiger partial charge in [0.25, 0.3) is 5.91 Å². The first-order chi connectivity index (χ1) is 12.1. The molecule has 0 saturated carbocycles. The van der Waals surface area contributed by atoms with Gasteiger partial charge < -0.3 is 19.5 Å². The van der Waals surface area contributed by atoms with Gasteiger partial charge in [-0.1, -0.05) is 13.8 Å². The third-order valence-electron chi connectivity index (χ3n) is 4.74. The number of likely N-dealkylation sites (N-methyl/N-ethyl adjacent to an activating group) is 1. The van der Waals surface area contributed by atoms with Crippen molar-refractivity contribution in [2.24, 2.45) is 0 Å². The zero-order chi connectivity index (χ0) is 18.4. The number of hydrogen-bond donors (Lipinski definition) is 1. The molecule has 1 N–H and O–H groups in total. The quantitative estimate of drug-likeness (QED) is 0.757. The van der Waals surface area contributed by atoms with Crippen LogP contribution in [-0.2, 0) is 6.54 Å². The van der Waals surface area contributed by atoms with Crippen LogP contribution in [-0.4, -0.2) is 48.2 Å². The first kappa shape index (κ1) is 19.3. The SMILES string of the molecule is CCOc1ccc2c(c1)c(C)c(C(=O)NCCN(CC)CC)n2CC. The Kier molecular flexibility index (Phi) is 6.88. The molecule has 0 fully saturated rings. The number of hydrogen-bond acceptors (Lipinski definition) is 3. The maximum absolute atomic E-state index is 12.8. The average molecular weight is 345 g/mol. The van der Waals surface area contributed by atoms with Gasteiger partial charge >= 0.3 is 0 Å². The molecule has 1 aromatic heterocycles. The minimum atomic E-state index is 0.000617. The summed E-state index contributed by atoms with van der Waals surface area (Å²) in [6, 6.07) is 6.05. The van der Waals surface area contributed by atoms with E-state index in [1.165, 1.54) is 0 Å². The first-order valence-electron chi connectivity index (χ1n) is 9.33. The molecule has 0 radical (unpaired) electrons. The number of nitrogens with one attached hydrogen (secondary N) is 1. The van der Waals surface area contributed by atoms with Gasteiger partial charge in [0.15, 0.2) is 0 Å². The Labute approximate surface area is 150 Å². The summed E-state index contributed by atoms with van der Waals surface area (Å²) in [5.74, 6) is 0.848. The van der Waals surface area contributed by atoms with E-state index in [0.717, 1.165) is 54.1 Å². The lowest BCUT2D eigenvalue weighted by molar-refractivity contribution is 0.0939. The summed E-state index contributed by atoms with van der Waals surface area (Å²) < 4.78 is 7.70. The fourth-order valence-corrected chi connectivity index (χ4v) is 3.33. The molecule has 2 rings (SSSR count). The van der Waals surface area contributed by atoms with Crippen molar-refractivity contribution < 1.29 is 9.53 Å². The van der Waals surface area contributed by atoms with Crippen LogP contribution in [0.4, 0.5) is 0 Å². The Morgan fingerprint density at radius 2 is 1.92 bits per heavy atom. The maximum atomic E-state index is 12.8. The summed E-state index contributed by atoms with van der Waals surface area (Å²) >= 11 is 0. The molecule has 25 heavy (non-hydrogen) atoms. The van der Waals surface area contributed by atoms with Crippen molar-refractivity contribution in [1.29, 1.82) is 0 Å². The molecule has 5 nitrogen and oxygen atoms in total. The smallest absolute Gasteiger partial charge is 0.268 e. The Hall–Kier alpha value is -2.01. The molecule has 0 aliphatic carbocycles. The van der Waals surface area contributed by atoms with E-state index < -0.39 is 0 Å². The minimum absolute atomic E-state index is 0.000617. The molecule has 0 unspecified atom stereocenters. The van der Waals surface area contributed by atoms with Crippen LogP contribution < -0.4 is 10.1 Å². The topological polar surface area (TPSA) is 46.5 Å². The van der Waals surface area contributed by atoms with E-state index in [1.54, 1.807) is 0 Å². The summed E-state index contributed by atoms with van der Waals surface area (Å²) in [6.45, 7) is 15.3. The normalized spacial score (nSPS) is 11.3. The van der Waals surface area contributed by atoms with Crippen molar-refractivity contribution in [3.05, 3.63) is 29.5 Å². The second-order valence-corrected chi connectivity index (χ2v) is 6.11. The predicted octanol–water partition coefficient (Wildman–Crippen LogP) is 3.44. The zero-order valence-electron chi connectivity index (χ0n) is 16.2. The van der Waals surface area contributed by atoms with Gasteiger partial charge in [0.2, 0.25) is 0 Å². The molecular formula is C20H31N3O2. The molecule has 1 aromatic carbocycles. The van der Waals surface area contributed by atoms with Crippen molar-refractivity contribution in [1.82, 2.24) is 14.8 Å². The van der Waals surface area contributed by atoms with Crippen LogP contribution in [0.1, 0.15) is 43.7 Å². The third-order valence-corrected chi connectivity index (χ3v) is 4.74. The number of fused-ring (bicyclic) bond motifs is 1. The number of aromatic nitrogens is 1. The van der Waals surface area contributed by atoms with E-state index in [4.69, 9.17) is 4.74 Å². The Morgan fingerprint density at radius 3 is 2.52 bits per heavy atom. The van der Waals surface area contributed by atoms with Crippen LogP contribution in [0.2, 0.25) is 0 Å². The van der Waals surface area contributed by atoms with Crippen molar-refractivity contribution >= 4 is 16.8 Å². The molecular weight excluding hydrogens is 314 g/mol. The number of aryl methyl sites for hydroxylation is 2. The molecule has 5 heteroatoms. The highest BCUT2D eigenvalue weighted by molar-refractivity contribution is 6.02. The first-order valence-corrected chi connectivity index (χ1v) is 9.33. The summed E-state index contributed by atoms with van der Waals surface area (Å²) in [5.41, 5.74) is 2.85. The van der Waals surface area contributed by atoms with Crippen LogP contribution in [0.15, 0.2) is 18.2 Å². The highest BCUT2D eigenvalue weighted by Gasteiger charge is 2.19. The minimum Gasteiger partial charge on any atom is -0.494 e. The molecule has 0 aliphatic heterocycles. The highest BCUT2D eigenvalue weighted by atomic mass is 16.5. The summed E-state index contributed by atoms with van der Waals surface area (Å²) in [4.78, 5) is 15.1.